The summed E-state index contributed by atoms with van der Waals surface area (Å²) in [6.45, 7) is 17.8. The zero-order valence-corrected chi connectivity index (χ0v) is 31.6. The maximum Gasteiger partial charge on any atom is -0.0247 e. The molecule has 0 bridgehead atoms. The van der Waals surface area contributed by atoms with Crippen molar-refractivity contribution in [3.8, 4) is 22.3 Å². The largest absolute Gasteiger partial charge is 1.00 e. The number of halogens is 2. The van der Waals surface area contributed by atoms with Crippen LogP contribution in [0.3, 0.4) is 0 Å². The van der Waals surface area contributed by atoms with Crippen LogP contribution < -0.4 is 24.8 Å². The summed E-state index contributed by atoms with van der Waals surface area (Å²) in [5.41, 5.74) is 12.3. The van der Waals surface area contributed by atoms with E-state index in [9.17, 15) is 0 Å². The topological polar surface area (TPSA) is 0 Å². The van der Waals surface area contributed by atoms with Crippen LogP contribution >= 0.6 is 0 Å². The molecule has 0 nitrogen and oxygen atoms in total. The van der Waals surface area contributed by atoms with Crippen molar-refractivity contribution in [2.75, 3.05) is 0 Å². The standard InChI is InChI=1S/C19H19.C18H17.C2H6Si.2ClH.Zr/c1-12-5-6-15(4)17(9-12)19-11-14(3)8-16-7-13(2)10-18(16)19;1-13(2)16-11-15-9-6-10-17(18(15)12-16)14-7-4-3-5-8-14;1-3-2;;;/h5-11H,1-4H3;3-13H,1-2H3;1-2H3;2*1H;/q2*-1;;;;+2/p-2. The van der Waals surface area contributed by atoms with E-state index in [0.717, 1.165) is 0 Å². The van der Waals surface area contributed by atoms with E-state index in [1.54, 1.807) is 23.3 Å². The van der Waals surface area contributed by atoms with Gasteiger partial charge in [0.05, 0.1) is 0 Å². The molecule has 0 aliphatic heterocycles. The van der Waals surface area contributed by atoms with Crippen molar-refractivity contribution in [1.82, 2.24) is 0 Å². The molecular formula is C39H42Cl2SiZr-2. The molecule has 222 valence electrons. The Morgan fingerprint density at radius 2 is 1.23 bits per heavy atom. The quantitative estimate of drug-likeness (QED) is 0.167. The molecule has 0 spiro atoms. The van der Waals surface area contributed by atoms with E-state index in [1.165, 1.54) is 71.6 Å². The predicted octanol–water partition coefficient (Wildman–Crippen LogP) is 5.60. The zero-order chi connectivity index (χ0) is 29.7. The normalized spacial score (nSPS) is 10.3. The fourth-order valence-corrected chi connectivity index (χ4v) is 5.33. The predicted molar refractivity (Wildman–Crippen MR) is 180 cm³/mol. The molecule has 0 amide bonds. The molecule has 0 unspecified atom stereocenters. The van der Waals surface area contributed by atoms with Gasteiger partial charge in [0.2, 0.25) is 0 Å². The minimum absolute atomic E-state index is 0. The average Bonchev–Trinajstić information content (AvgIpc) is 3.53. The number of hydrogen-bond donors (Lipinski definition) is 0. The summed E-state index contributed by atoms with van der Waals surface area (Å²) in [5.74, 6) is 0.584. The van der Waals surface area contributed by atoms with Gasteiger partial charge in [0.1, 0.15) is 0 Å². The first-order valence-corrected chi connectivity index (χ1v) is 20.7. The Morgan fingerprint density at radius 3 is 1.88 bits per heavy atom. The summed E-state index contributed by atoms with van der Waals surface area (Å²) in [6, 6.07) is 37.7. The summed E-state index contributed by atoms with van der Waals surface area (Å²) in [5, 5.41) is 5.44. The number of aryl methyl sites for hydroxylation is 4. The van der Waals surface area contributed by atoms with Crippen molar-refractivity contribution >= 4 is 27.0 Å². The van der Waals surface area contributed by atoms with Crippen LogP contribution in [0.4, 0.5) is 0 Å². The average molecular weight is 701 g/mol. The SMILES string of the molecule is CC(C)c1cc2c(-c3ccccc3)cccc2[cH-]1.C[Si](C)=[Zr+2].Cc1ccc(C)c(-c2cc(C)cc3[cH-]c(C)cc23)c1.[Cl-].[Cl-]. The van der Waals surface area contributed by atoms with Gasteiger partial charge in [-0.25, -0.2) is 0 Å². The number of rotatable bonds is 3. The van der Waals surface area contributed by atoms with Crippen LogP contribution in [0.15, 0.2) is 103 Å². The van der Waals surface area contributed by atoms with Crippen molar-refractivity contribution in [2.45, 2.75) is 60.6 Å². The molecule has 0 heterocycles. The third-order valence-corrected chi connectivity index (χ3v) is 7.32. The van der Waals surface area contributed by atoms with Gasteiger partial charge in [-0.1, -0.05) is 104 Å². The Balaban J connectivity index is 0.000000257. The van der Waals surface area contributed by atoms with Crippen molar-refractivity contribution in [3.63, 3.8) is 0 Å². The number of hydrogen-bond acceptors (Lipinski definition) is 0. The van der Waals surface area contributed by atoms with Gasteiger partial charge in [0.25, 0.3) is 0 Å². The van der Waals surface area contributed by atoms with E-state index in [0.29, 0.717) is 5.92 Å². The van der Waals surface area contributed by atoms with Crippen LogP contribution in [0, 0.1) is 27.7 Å². The summed E-state index contributed by atoms with van der Waals surface area (Å²) in [6.07, 6.45) is 0. The van der Waals surface area contributed by atoms with Crippen LogP contribution in [-0.2, 0) is 23.3 Å². The molecule has 0 aliphatic rings. The molecular weight excluding hydrogens is 659 g/mol. The minimum Gasteiger partial charge on any atom is -1.00 e. The third kappa shape index (κ3) is 9.63. The summed E-state index contributed by atoms with van der Waals surface area (Å²) in [4.78, 5) is 0. The Kier molecular flexibility index (Phi) is 14.4. The first kappa shape index (κ1) is 37.0. The maximum atomic E-state index is 2.34. The third-order valence-electron chi connectivity index (χ3n) is 7.32. The molecule has 0 fully saturated rings. The van der Waals surface area contributed by atoms with Gasteiger partial charge in [-0.05, 0) is 43.4 Å². The van der Waals surface area contributed by atoms with Gasteiger partial charge >= 0.3 is 41.9 Å². The van der Waals surface area contributed by atoms with Crippen molar-refractivity contribution in [2.24, 2.45) is 0 Å². The number of fused-ring (bicyclic) bond motifs is 2. The van der Waals surface area contributed by atoms with Crippen LogP contribution in [0.2, 0.25) is 13.1 Å². The molecule has 0 saturated heterocycles. The van der Waals surface area contributed by atoms with Crippen molar-refractivity contribution in [3.05, 3.63) is 131 Å². The fraction of sp³-hybridized carbons (Fsp3) is 0.231. The smallest absolute Gasteiger partial charge is 0.0247 e. The first-order chi connectivity index (χ1) is 19.5. The molecule has 0 N–H and O–H groups in total. The molecule has 43 heavy (non-hydrogen) atoms. The van der Waals surface area contributed by atoms with E-state index in [4.69, 9.17) is 0 Å². The summed E-state index contributed by atoms with van der Waals surface area (Å²) in [7, 11) is 0. The maximum absolute atomic E-state index is 2.34. The van der Waals surface area contributed by atoms with Gasteiger partial charge in [-0.15, -0.1) is 63.0 Å². The van der Waals surface area contributed by atoms with Crippen LogP contribution in [0.5, 0.6) is 0 Å². The summed E-state index contributed by atoms with van der Waals surface area (Å²) >= 11 is 1.74. The van der Waals surface area contributed by atoms with E-state index in [1.807, 2.05) is 0 Å². The van der Waals surface area contributed by atoms with E-state index >= 15 is 0 Å². The Morgan fingerprint density at radius 1 is 0.605 bits per heavy atom. The fourth-order valence-electron chi connectivity index (χ4n) is 5.33. The minimum atomic E-state index is 0. The Hall–Kier alpha value is -2.22. The second-order valence-electron chi connectivity index (χ2n) is 11.8. The second-order valence-corrected chi connectivity index (χ2v) is 21.2. The molecule has 6 aromatic rings. The second kappa shape index (κ2) is 16.7. The summed E-state index contributed by atoms with van der Waals surface area (Å²) < 4.78 is 0. The Bertz CT molecular complexity index is 1790. The van der Waals surface area contributed by atoms with Gasteiger partial charge in [0.15, 0.2) is 0 Å². The Labute approximate surface area is 286 Å². The molecule has 0 aromatic heterocycles. The first-order valence-electron chi connectivity index (χ1n) is 14.6. The van der Waals surface area contributed by atoms with Crippen molar-refractivity contribution in [1.29, 1.82) is 0 Å². The zero-order valence-electron chi connectivity index (χ0n) is 26.6. The monoisotopic (exact) mass is 698 g/mol. The van der Waals surface area contributed by atoms with Gasteiger partial charge in [-0.3, -0.25) is 0 Å². The number of benzene rings is 4. The van der Waals surface area contributed by atoms with Gasteiger partial charge < -0.3 is 24.8 Å². The molecule has 0 atom stereocenters. The van der Waals surface area contributed by atoms with E-state index in [2.05, 4.69) is 158 Å². The molecule has 0 radical (unpaired) electrons. The molecule has 6 rings (SSSR count). The van der Waals surface area contributed by atoms with Crippen molar-refractivity contribution < 1.29 is 48.1 Å². The van der Waals surface area contributed by atoms with E-state index < -0.39 is 0 Å². The molecule has 0 saturated carbocycles. The van der Waals surface area contributed by atoms with E-state index in [-0.39, 0.29) is 30.2 Å². The van der Waals surface area contributed by atoms with Gasteiger partial charge in [0, 0.05) is 0 Å². The van der Waals surface area contributed by atoms with Crippen LogP contribution in [0.1, 0.15) is 47.6 Å². The molecule has 4 heteroatoms. The molecule has 0 aliphatic carbocycles. The molecule has 6 aromatic carbocycles. The van der Waals surface area contributed by atoms with Gasteiger partial charge in [-0.2, -0.15) is 12.1 Å². The van der Waals surface area contributed by atoms with Crippen LogP contribution in [0.25, 0.3) is 43.8 Å². The van der Waals surface area contributed by atoms with Crippen LogP contribution in [-0.4, -0.2) is 5.43 Å².